The first-order valence-corrected chi connectivity index (χ1v) is 7.18. The second-order valence-corrected chi connectivity index (χ2v) is 8.19. The summed E-state index contributed by atoms with van der Waals surface area (Å²) in [7, 11) is 0. The first kappa shape index (κ1) is 15.7. The van der Waals surface area contributed by atoms with Gasteiger partial charge >= 0.3 is 0 Å². The minimum Gasteiger partial charge on any atom is -0.298 e. The molecule has 0 N–H and O–H groups in total. The maximum Gasteiger partial charge on any atom is 0.0351 e. The van der Waals surface area contributed by atoms with Crippen molar-refractivity contribution in [1.29, 1.82) is 0 Å². The molecule has 1 aliphatic heterocycles. The van der Waals surface area contributed by atoms with E-state index >= 15 is 0 Å². The van der Waals surface area contributed by atoms with E-state index in [-0.39, 0.29) is 0 Å². The molecule has 0 saturated carbocycles. The van der Waals surface area contributed by atoms with Crippen molar-refractivity contribution in [3.63, 3.8) is 0 Å². The smallest absolute Gasteiger partial charge is 0.0351 e. The molecule has 0 aromatic carbocycles. The average Bonchev–Trinajstić information content (AvgIpc) is 2.77. The highest BCUT2D eigenvalue weighted by Gasteiger charge is 2.37. The molecule has 1 heterocycles. The Morgan fingerprint density at radius 3 is 2.22 bits per heavy atom. The fourth-order valence-electron chi connectivity index (χ4n) is 2.55. The molecule has 1 saturated heterocycles. The van der Waals surface area contributed by atoms with Crippen LogP contribution in [0.25, 0.3) is 0 Å². The van der Waals surface area contributed by atoms with Gasteiger partial charge in [0.05, 0.1) is 0 Å². The number of hydrogen-bond acceptors (Lipinski definition) is 2. The molecule has 18 heavy (non-hydrogen) atoms. The van der Waals surface area contributed by atoms with Gasteiger partial charge in [-0.1, -0.05) is 47.6 Å². The molecule has 1 rings (SSSR count). The van der Waals surface area contributed by atoms with Gasteiger partial charge in [-0.15, -0.1) is 6.58 Å². The van der Waals surface area contributed by atoms with Crippen LogP contribution in [0.4, 0.5) is 0 Å². The van der Waals surface area contributed by atoms with Gasteiger partial charge in [-0.2, -0.15) is 0 Å². The van der Waals surface area contributed by atoms with Crippen molar-refractivity contribution in [3.8, 4) is 0 Å². The number of hydrogen-bond donors (Lipinski definition) is 0. The summed E-state index contributed by atoms with van der Waals surface area (Å²) in [6.45, 7) is 23.6. The van der Waals surface area contributed by atoms with Crippen LogP contribution in [0.1, 0.15) is 41.5 Å². The summed E-state index contributed by atoms with van der Waals surface area (Å²) in [4.78, 5) is 5.14. The van der Waals surface area contributed by atoms with Crippen LogP contribution in [0.5, 0.6) is 0 Å². The summed E-state index contributed by atoms with van der Waals surface area (Å²) in [6.07, 6.45) is 2.03. The van der Waals surface area contributed by atoms with Crippen molar-refractivity contribution in [2.24, 2.45) is 10.8 Å². The fraction of sp³-hybridized carbons (Fsp3) is 0.875. The summed E-state index contributed by atoms with van der Waals surface area (Å²) in [5.74, 6) is 0. The van der Waals surface area contributed by atoms with Crippen molar-refractivity contribution in [1.82, 2.24) is 9.80 Å². The van der Waals surface area contributed by atoms with Crippen LogP contribution in [0.2, 0.25) is 0 Å². The van der Waals surface area contributed by atoms with Crippen molar-refractivity contribution >= 4 is 0 Å². The number of rotatable bonds is 6. The van der Waals surface area contributed by atoms with Crippen molar-refractivity contribution in [3.05, 3.63) is 12.7 Å². The van der Waals surface area contributed by atoms with Crippen molar-refractivity contribution < 1.29 is 0 Å². The SMILES string of the molecule is C=CCN(CC1CN1CC(C)(C)C)CC(C)(C)C. The van der Waals surface area contributed by atoms with E-state index in [1.165, 1.54) is 19.6 Å². The van der Waals surface area contributed by atoms with Gasteiger partial charge in [0.25, 0.3) is 0 Å². The summed E-state index contributed by atoms with van der Waals surface area (Å²) in [5.41, 5.74) is 0.787. The molecule has 0 aromatic heterocycles. The zero-order chi connectivity index (χ0) is 14.0. The zero-order valence-electron chi connectivity index (χ0n) is 13.3. The second-order valence-electron chi connectivity index (χ2n) is 8.19. The molecule has 0 amide bonds. The van der Waals surface area contributed by atoms with E-state index in [1.54, 1.807) is 0 Å². The van der Waals surface area contributed by atoms with Crippen LogP contribution in [0, 0.1) is 10.8 Å². The Morgan fingerprint density at radius 2 is 1.78 bits per heavy atom. The molecule has 2 heteroatoms. The quantitative estimate of drug-likeness (QED) is 0.529. The third kappa shape index (κ3) is 6.55. The molecule has 1 aliphatic rings. The minimum atomic E-state index is 0.368. The third-order valence-electron chi connectivity index (χ3n) is 3.06. The molecule has 106 valence electrons. The Morgan fingerprint density at radius 1 is 1.17 bits per heavy atom. The monoisotopic (exact) mass is 252 g/mol. The van der Waals surface area contributed by atoms with Gasteiger partial charge < -0.3 is 0 Å². The van der Waals surface area contributed by atoms with E-state index in [2.05, 4.69) is 57.9 Å². The maximum absolute atomic E-state index is 3.88. The molecule has 2 nitrogen and oxygen atoms in total. The van der Waals surface area contributed by atoms with Crippen LogP contribution >= 0.6 is 0 Å². The van der Waals surface area contributed by atoms with E-state index in [9.17, 15) is 0 Å². The molecule has 2 unspecified atom stereocenters. The minimum absolute atomic E-state index is 0.368. The summed E-state index contributed by atoms with van der Waals surface area (Å²) < 4.78 is 0. The standard InChI is InChI=1S/C16H32N2/c1-8-9-17(12-15(2,3)4)10-14-11-18(14)13-16(5,6)7/h8,14H,1,9-13H2,2-7H3. The molecule has 0 aromatic rings. The molecule has 1 fully saturated rings. The van der Waals surface area contributed by atoms with Gasteiger partial charge in [0.15, 0.2) is 0 Å². The van der Waals surface area contributed by atoms with E-state index in [4.69, 9.17) is 0 Å². The van der Waals surface area contributed by atoms with Gasteiger partial charge in [-0.3, -0.25) is 9.80 Å². The Bertz CT molecular complexity index is 270. The first-order chi connectivity index (χ1) is 8.11. The Hall–Kier alpha value is -0.340. The Kier molecular flexibility index (Phi) is 5.02. The highest BCUT2D eigenvalue weighted by Crippen LogP contribution is 2.26. The molecule has 0 spiro atoms. The van der Waals surface area contributed by atoms with Crippen molar-refractivity contribution in [2.45, 2.75) is 47.6 Å². The van der Waals surface area contributed by atoms with Crippen LogP contribution in [-0.2, 0) is 0 Å². The summed E-state index contributed by atoms with van der Waals surface area (Å²) >= 11 is 0. The molecular weight excluding hydrogens is 220 g/mol. The zero-order valence-corrected chi connectivity index (χ0v) is 13.3. The van der Waals surface area contributed by atoms with Crippen LogP contribution < -0.4 is 0 Å². The first-order valence-electron chi connectivity index (χ1n) is 7.18. The van der Waals surface area contributed by atoms with E-state index in [0.29, 0.717) is 10.8 Å². The van der Waals surface area contributed by atoms with Crippen molar-refractivity contribution in [2.75, 3.05) is 32.7 Å². The second kappa shape index (κ2) is 5.75. The lowest BCUT2D eigenvalue weighted by molar-refractivity contribution is 0.196. The lowest BCUT2D eigenvalue weighted by atomic mass is 9.96. The predicted molar refractivity (Wildman–Crippen MR) is 80.9 cm³/mol. The average molecular weight is 252 g/mol. The molecule has 0 aliphatic carbocycles. The van der Waals surface area contributed by atoms with Gasteiger partial charge in [-0.25, -0.2) is 0 Å². The fourth-order valence-corrected chi connectivity index (χ4v) is 2.55. The topological polar surface area (TPSA) is 6.25 Å². The lowest BCUT2D eigenvalue weighted by Crippen LogP contribution is -2.36. The summed E-state index contributed by atoms with van der Waals surface area (Å²) in [6, 6.07) is 0.770. The lowest BCUT2D eigenvalue weighted by Gasteiger charge is -2.29. The maximum atomic E-state index is 3.88. The van der Waals surface area contributed by atoms with E-state index < -0.39 is 0 Å². The van der Waals surface area contributed by atoms with E-state index in [1.807, 2.05) is 6.08 Å². The molecule has 0 radical (unpaired) electrons. The van der Waals surface area contributed by atoms with E-state index in [0.717, 1.165) is 19.1 Å². The van der Waals surface area contributed by atoms with Gasteiger partial charge in [0.1, 0.15) is 0 Å². The molecule has 0 bridgehead atoms. The van der Waals surface area contributed by atoms with Gasteiger partial charge in [0, 0.05) is 38.8 Å². The Balaban J connectivity index is 2.38. The normalized spacial score (nSPS) is 24.4. The van der Waals surface area contributed by atoms with Crippen LogP contribution in [-0.4, -0.2) is 48.6 Å². The van der Waals surface area contributed by atoms with Gasteiger partial charge in [-0.05, 0) is 10.8 Å². The predicted octanol–water partition coefficient (Wildman–Crippen LogP) is 3.25. The molecular formula is C16H32N2. The van der Waals surface area contributed by atoms with Gasteiger partial charge in [0.2, 0.25) is 0 Å². The third-order valence-corrected chi connectivity index (χ3v) is 3.06. The Labute approximate surface area is 114 Å². The highest BCUT2D eigenvalue weighted by atomic mass is 15.3. The highest BCUT2D eigenvalue weighted by molar-refractivity contribution is 4.95. The largest absolute Gasteiger partial charge is 0.298 e. The summed E-state index contributed by atoms with van der Waals surface area (Å²) in [5, 5.41) is 0. The molecule has 2 atom stereocenters. The van der Waals surface area contributed by atoms with Crippen LogP contribution in [0.15, 0.2) is 12.7 Å². The van der Waals surface area contributed by atoms with Crippen LogP contribution in [0.3, 0.4) is 0 Å². The number of nitrogens with zero attached hydrogens (tertiary/aromatic N) is 2.